The van der Waals surface area contributed by atoms with Gasteiger partial charge in [0.15, 0.2) is 0 Å². The molecule has 1 aromatic rings. The number of aryl methyl sites for hydroxylation is 1. The van der Waals surface area contributed by atoms with Gasteiger partial charge in [0.25, 0.3) is 0 Å². The molecule has 1 aromatic heterocycles. The third-order valence-corrected chi connectivity index (χ3v) is 2.12. The van der Waals surface area contributed by atoms with Gasteiger partial charge < -0.3 is 10.1 Å². The van der Waals surface area contributed by atoms with Crippen LogP contribution in [0.1, 0.15) is 17.4 Å². The van der Waals surface area contributed by atoms with Crippen LogP contribution in [0.4, 0.5) is 0 Å². The topological polar surface area (TPSA) is 49.9 Å². The maximum absolute atomic E-state index is 5.57. The van der Waals surface area contributed by atoms with E-state index >= 15 is 0 Å². The van der Waals surface area contributed by atoms with Gasteiger partial charge in [-0.05, 0) is 12.5 Å². The number of hydrogen-bond donors (Lipinski definition) is 2. The predicted molar refractivity (Wildman–Crippen MR) is 44.9 cm³/mol. The van der Waals surface area contributed by atoms with E-state index in [1.807, 2.05) is 13.1 Å². The van der Waals surface area contributed by atoms with Crippen molar-refractivity contribution in [3.63, 3.8) is 0 Å². The fourth-order valence-corrected chi connectivity index (χ4v) is 1.43. The number of rotatable bonds is 1. The molecule has 0 radical (unpaired) electrons. The van der Waals surface area contributed by atoms with Gasteiger partial charge in [0, 0.05) is 13.1 Å². The highest BCUT2D eigenvalue weighted by Crippen LogP contribution is 2.18. The Labute approximate surface area is 71.3 Å². The number of nitrogens with one attached hydrogen (secondary N) is 2. The maximum Gasteiger partial charge on any atom is 0.112 e. The van der Waals surface area contributed by atoms with E-state index in [0.717, 1.165) is 25.4 Å². The summed E-state index contributed by atoms with van der Waals surface area (Å²) >= 11 is 0. The average Bonchev–Trinajstić information content (AvgIpc) is 2.53. The molecule has 2 N–H and O–H groups in total. The quantitative estimate of drug-likeness (QED) is 0.635. The van der Waals surface area contributed by atoms with Crippen LogP contribution < -0.4 is 5.32 Å². The molecule has 1 aliphatic rings. The molecule has 66 valence electrons. The largest absolute Gasteiger partial charge is 0.369 e. The summed E-state index contributed by atoms with van der Waals surface area (Å²) in [7, 11) is 0. The number of hydrogen-bond acceptors (Lipinski definition) is 3. The van der Waals surface area contributed by atoms with E-state index in [9.17, 15) is 0 Å². The number of H-pyrrole nitrogens is 1. The summed E-state index contributed by atoms with van der Waals surface area (Å²) < 4.78 is 5.57. The van der Waals surface area contributed by atoms with Gasteiger partial charge in [-0.3, -0.25) is 5.10 Å². The van der Waals surface area contributed by atoms with Crippen LogP contribution in [0.25, 0.3) is 0 Å². The van der Waals surface area contributed by atoms with E-state index in [4.69, 9.17) is 4.74 Å². The van der Waals surface area contributed by atoms with Crippen molar-refractivity contribution in [1.29, 1.82) is 0 Å². The second-order valence-corrected chi connectivity index (χ2v) is 3.03. The summed E-state index contributed by atoms with van der Waals surface area (Å²) in [6.45, 7) is 4.65. The minimum absolute atomic E-state index is 0.154. The molecule has 2 rings (SSSR count). The minimum Gasteiger partial charge on any atom is -0.369 e. The average molecular weight is 167 g/mol. The number of aromatic nitrogens is 2. The van der Waals surface area contributed by atoms with Gasteiger partial charge in [-0.25, -0.2) is 0 Å². The summed E-state index contributed by atoms with van der Waals surface area (Å²) in [6.07, 6.45) is 1.98. The molecule has 4 nitrogen and oxygen atoms in total. The Kier molecular flexibility index (Phi) is 2.10. The number of ether oxygens (including phenoxy) is 1. The van der Waals surface area contributed by atoms with E-state index in [2.05, 4.69) is 15.5 Å². The SMILES string of the molecule is Cc1cn[nH]c1[C@H]1CNCCO1. The molecule has 2 heterocycles. The summed E-state index contributed by atoms with van der Waals surface area (Å²) in [4.78, 5) is 0. The van der Waals surface area contributed by atoms with Crippen LogP contribution in [0.2, 0.25) is 0 Å². The first-order valence-corrected chi connectivity index (χ1v) is 4.20. The van der Waals surface area contributed by atoms with Crippen LogP contribution in [-0.4, -0.2) is 29.9 Å². The Balaban J connectivity index is 2.13. The Morgan fingerprint density at radius 2 is 2.58 bits per heavy atom. The van der Waals surface area contributed by atoms with Crippen molar-refractivity contribution in [2.45, 2.75) is 13.0 Å². The Morgan fingerprint density at radius 1 is 1.67 bits per heavy atom. The van der Waals surface area contributed by atoms with Gasteiger partial charge in [0.1, 0.15) is 6.10 Å². The Hall–Kier alpha value is -0.870. The van der Waals surface area contributed by atoms with E-state index in [0.29, 0.717) is 0 Å². The van der Waals surface area contributed by atoms with Crippen molar-refractivity contribution < 1.29 is 4.74 Å². The molecular formula is C8H13N3O. The predicted octanol–water partition coefficient (Wildman–Crippen LogP) is 0.379. The van der Waals surface area contributed by atoms with Crippen molar-refractivity contribution in [3.05, 3.63) is 17.5 Å². The third kappa shape index (κ3) is 1.35. The molecule has 0 aliphatic carbocycles. The molecule has 12 heavy (non-hydrogen) atoms. The summed E-state index contributed by atoms with van der Waals surface area (Å²) in [5.74, 6) is 0. The lowest BCUT2D eigenvalue weighted by atomic mass is 10.1. The first kappa shape index (κ1) is 7.76. The van der Waals surface area contributed by atoms with Crippen LogP contribution in [-0.2, 0) is 4.74 Å². The molecular weight excluding hydrogens is 154 g/mol. The van der Waals surface area contributed by atoms with Crippen LogP contribution in [0.3, 0.4) is 0 Å². The highest BCUT2D eigenvalue weighted by molar-refractivity contribution is 5.17. The van der Waals surface area contributed by atoms with Gasteiger partial charge in [-0.2, -0.15) is 5.10 Å². The second-order valence-electron chi connectivity index (χ2n) is 3.03. The fraction of sp³-hybridized carbons (Fsp3) is 0.625. The molecule has 1 atom stereocenters. The molecule has 0 amide bonds. The van der Waals surface area contributed by atoms with Crippen LogP contribution in [0.15, 0.2) is 6.20 Å². The van der Waals surface area contributed by atoms with Gasteiger partial charge in [-0.15, -0.1) is 0 Å². The zero-order valence-electron chi connectivity index (χ0n) is 7.13. The standard InChI is InChI=1S/C8H13N3O/c1-6-4-10-11-8(6)7-5-9-2-3-12-7/h4,7,9H,2-3,5H2,1H3,(H,10,11)/t7-/m1/s1. The molecule has 4 heteroatoms. The molecule has 0 saturated carbocycles. The van der Waals surface area contributed by atoms with Crippen molar-refractivity contribution >= 4 is 0 Å². The summed E-state index contributed by atoms with van der Waals surface area (Å²) in [6, 6.07) is 0. The van der Waals surface area contributed by atoms with Crippen molar-refractivity contribution in [2.24, 2.45) is 0 Å². The van der Waals surface area contributed by atoms with Crippen molar-refractivity contribution in [2.75, 3.05) is 19.7 Å². The van der Waals surface area contributed by atoms with Crippen molar-refractivity contribution in [1.82, 2.24) is 15.5 Å². The molecule has 1 aliphatic heterocycles. The molecule has 1 saturated heterocycles. The van der Waals surface area contributed by atoms with E-state index in [-0.39, 0.29) is 6.10 Å². The first-order chi connectivity index (χ1) is 5.88. The normalized spacial score (nSPS) is 24.2. The van der Waals surface area contributed by atoms with Gasteiger partial charge in [-0.1, -0.05) is 0 Å². The van der Waals surface area contributed by atoms with Crippen molar-refractivity contribution in [3.8, 4) is 0 Å². The highest BCUT2D eigenvalue weighted by atomic mass is 16.5. The zero-order valence-corrected chi connectivity index (χ0v) is 7.13. The molecule has 0 aromatic carbocycles. The Bertz CT molecular complexity index is 253. The molecule has 0 bridgehead atoms. The van der Waals surface area contributed by atoms with E-state index in [1.165, 1.54) is 5.56 Å². The third-order valence-electron chi connectivity index (χ3n) is 2.12. The second kappa shape index (κ2) is 3.25. The van der Waals surface area contributed by atoms with Gasteiger partial charge >= 0.3 is 0 Å². The first-order valence-electron chi connectivity index (χ1n) is 4.20. The van der Waals surface area contributed by atoms with Gasteiger partial charge in [0.05, 0.1) is 18.5 Å². The van der Waals surface area contributed by atoms with Gasteiger partial charge in [0.2, 0.25) is 0 Å². The zero-order chi connectivity index (χ0) is 8.39. The lowest BCUT2D eigenvalue weighted by Crippen LogP contribution is -2.33. The fourth-order valence-electron chi connectivity index (χ4n) is 1.43. The minimum atomic E-state index is 0.154. The summed E-state index contributed by atoms with van der Waals surface area (Å²) in [5, 5.41) is 10.2. The smallest absolute Gasteiger partial charge is 0.112 e. The monoisotopic (exact) mass is 167 g/mol. The van der Waals surface area contributed by atoms with E-state index < -0.39 is 0 Å². The number of nitrogens with zero attached hydrogens (tertiary/aromatic N) is 1. The Morgan fingerprint density at radius 3 is 3.17 bits per heavy atom. The molecule has 1 fully saturated rings. The van der Waals surface area contributed by atoms with Crippen LogP contribution in [0, 0.1) is 6.92 Å². The molecule has 0 spiro atoms. The highest BCUT2D eigenvalue weighted by Gasteiger charge is 2.18. The molecule has 0 unspecified atom stereocenters. The van der Waals surface area contributed by atoms with Crippen LogP contribution >= 0.6 is 0 Å². The lowest BCUT2D eigenvalue weighted by Gasteiger charge is -2.22. The van der Waals surface area contributed by atoms with Crippen LogP contribution in [0.5, 0.6) is 0 Å². The van der Waals surface area contributed by atoms with E-state index in [1.54, 1.807) is 0 Å². The summed E-state index contributed by atoms with van der Waals surface area (Å²) in [5.41, 5.74) is 2.27. The number of aromatic amines is 1. The lowest BCUT2D eigenvalue weighted by molar-refractivity contribution is 0.0246. The maximum atomic E-state index is 5.57. The number of morpholine rings is 1.